The van der Waals surface area contributed by atoms with Crippen molar-refractivity contribution in [3.8, 4) is 6.07 Å². The molecule has 0 aliphatic carbocycles. The zero-order chi connectivity index (χ0) is 12.5. The first-order valence-corrected chi connectivity index (χ1v) is 6.07. The molecule has 1 unspecified atom stereocenters. The molecule has 1 rings (SSSR count). The molecule has 0 spiro atoms. The molecule has 1 heterocycles. The van der Waals surface area contributed by atoms with Crippen LogP contribution in [0, 0.1) is 11.3 Å². The highest BCUT2D eigenvalue weighted by Crippen LogP contribution is 2.09. The van der Waals surface area contributed by atoms with Gasteiger partial charge in [0, 0.05) is 31.0 Å². The first kappa shape index (κ1) is 13.6. The highest BCUT2D eigenvalue weighted by molar-refractivity contribution is 5.19. The van der Waals surface area contributed by atoms with Crippen molar-refractivity contribution in [2.24, 2.45) is 0 Å². The lowest BCUT2D eigenvalue weighted by molar-refractivity contribution is 0.300. The molecule has 1 aromatic heterocycles. The molecule has 0 saturated heterocycles. The lowest BCUT2D eigenvalue weighted by Crippen LogP contribution is -2.33. The summed E-state index contributed by atoms with van der Waals surface area (Å²) in [7, 11) is 0. The minimum Gasteiger partial charge on any atom is -0.303 e. The second kappa shape index (κ2) is 7.77. The third-order valence-corrected chi connectivity index (χ3v) is 2.82. The summed E-state index contributed by atoms with van der Waals surface area (Å²) < 4.78 is 0. The molecule has 1 aromatic rings. The number of nitrogens with zero attached hydrogens (tertiary/aromatic N) is 3. The minimum absolute atomic E-state index is 0.265. The molecule has 0 radical (unpaired) electrons. The second-order valence-corrected chi connectivity index (χ2v) is 3.83. The van der Waals surface area contributed by atoms with Gasteiger partial charge in [-0.05, 0) is 19.2 Å². The summed E-state index contributed by atoms with van der Waals surface area (Å²) in [5.74, 6) is 0. The lowest BCUT2D eigenvalue weighted by atomic mass is 10.1. The largest absolute Gasteiger partial charge is 0.303 e. The van der Waals surface area contributed by atoms with E-state index in [9.17, 15) is 0 Å². The van der Waals surface area contributed by atoms with Gasteiger partial charge in [0.15, 0.2) is 0 Å². The van der Waals surface area contributed by atoms with Gasteiger partial charge in [0.25, 0.3) is 0 Å². The Kier molecular flexibility index (Phi) is 6.23. The van der Waals surface area contributed by atoms with Gasteiger partial charge in [-0.1, -0.05) is 19.9 Å². The summed E-state index contributed by atoms with van der Waals surface area (Å²) in [6.45, 7) is 8.16. The number of nitriles is 1. The molecule has 4 heteroatoms. The predicted octanol–water partition coefficient (Wildman–Crippen LogP) is 1.58. The lowest BCUT2D eigenvalue weighted by Gasteiger charge is -2.19. The van der Waals surface area contributed by atoms with Crippen LogP contribution in [-0.2, 0) is 0 Å². The number of rotatable bonds is 7. The van der Waals surface area contributed by atoms with Gasteiger partial charge in [-0.2, -0.15) is 5.26 Å². The van der Waals surface area contributed by atoms with Gasteiger partial charge in [0.1, 0.15) is 6.04 Å². The van der Waals surface area contributed by atoms with Crippen LogP contribution in [0.2, 0.25) is 0 Å². The van der Waals surface area contributed by atoms with Crippen molar-refractivity contribution in [3.05, 3.63) is 30.1 Å². The zero-order valence-electron chi connectivity index (χ0n) is 10.6. The number of aromatic nitrogens is 1. The van der Waals surface area contributed by atoms with Crippen molar-refractivity contribution in [1.29, 1.82) is 5.26 Å². The van der Waals surface area contributed by atoms with E-state index in [-0.39, 0.29) is 6.04 Å². The Labute approximate surface area is 103 Å². The first-order valence-electron chi connectivity index (χ1n) is 6.07. The Morgan fingerprint density at radius 1 is 1.47 bits per heavy atom. The number of likely N-dealkylation sites (N-methyl/N-ethyl adjacent to an activating group) is 1. The maximum Gasteiger partial charge on any atom is 0.122 e. The fraction of sp³-hybridized carbons (Fsp3) is 0.538. The first-order chi connectivity index (χ1) is 8.31. The quantitative estimate of drug-likeness (QED) is 0.775. The molecule has 4 nitrogen and oxygen atoms in total. The predicted molar refractivity (Wildman–Crippen MR) is 68.4 cm³/mol. The van der Waals surface area contributed by atoms with E-state index in [2.05, 4.69) is 35.1 Å². The molecule has 1 N–H and O–H groups in total. The summed E-state index contributed by atoms with van der Waals surface area (Å²) in [6.07, 6.45) is 3.45. The van der Waals surface area contributed by atoms with Crippen LogP contribution in [0.4, 0.5) is 0 Å². The summed E-state index contributed by atoms with van der Waals surface area (Å²) >= 11 is 0. The van der Waals surface area contributed by atoms with Crippen molar-refractivity contribution < 1.29 is 0 Å². The Morgan fingerprint density at radius 2 is 2.24 bits per heavy atom. The fourth-order valence-electron chi connectivity index (χ4n) is 1.69. The number of hydrogen-bond acceptors (Lipinski definition) is 4. The molecule has 17 heavy (non-hydrogen) atoms. The molecule has 0 amide bonds. The Balaban J connectivity index is 2.42. The normalized spacial score (nSPS) is 12.4. The van der Waals surface area contributed by atoms with Crippen LogP contribution in [0.25, 0.3) is 0 Å². The van der Waals surface area contributed by atoms with Crippen molar-refractivity contribution in [2.45, 2.75) is 19.9 Å². The summed E-state index contributed by atoms with van der Waals surface area (Å²) in [5.41, 5.74) is 0.926. The molecular weight excluding hydrogens is 212 g/mol. The third kappa shape index (κ3) is 4.51. The van der Waals surface area contributed by atoms with Crippen molar-refractivity contribution in [1.82, 2.24) is 15.2 Å². The van der Waals surface area contributed by atoms with Gasteiger partial charge < -0.3 is 4.90 Å². The van der Waals surface area contributed by atoms with Crippen LogP contribution < -0.4 is 5.32 Å². The molecular formula is C13H20N4. The van der Waals surface area contributed by atoms with E-state index in [1.165, 1.54) is 0 Å². The number of hydrogen-bond donors (Lipinski definition) is 1. The van der Waals surface area contributed by atoms with Crippen LogP contribution in [0.5, 0.6) is 0 Å². The van der Waals surface area contributed by atoms with E-state index in [1.54, 1.807) is 12.4 Å². The summed E-state index contributed by atoms with van der Waals surface area (Å²) in [5, 5.41) is 12.3. The topological polar surface area (TPSA) is 52.0 Å². The molecule has 0 aliphatic heterocycles. The molecule has 1 atom stereocenters. The van der Waals surface area contributed by atoms with Crippen molar-refractivity contribution in [3.63, 3.8) is 0 Å². The van der Waals surface area contributed by atoms with Crippen LogP contribution in [0.15, 0.2) is 24.5 Å². The molecule has 0 aliphatic rings. The van der Waals surface area contributed by atoms with Crippen molar-refractivity contribution >= 4 is 0 Å². The summed E-state index contributed by atoms with van der Waals surface area (Å²) in [4.78, 5) is 6.35. The van der Waals surface area contributed by atoms with Gasteiger partial charge >= 0.3 is 0 Å². The van der Waals surface area contributed by atoms with Crippen molar-refractivity contribution in [2.75, 3.05) is 26.2 Å². The number of pyridine rings is 1. The van der Waals surface area contributed by atoms with Crippen LogP contribution in [0.3, 0.4) is 0 Å². The number of nitrogens with one attached hydrogen (secondary N) is 1. The van der Waals surface area contributed by atoms with E-state index in [0.717, 1.165) is 31.7 Å². The van der Waals surface area contributed by atoms with E-state index in [4.69, 9.17) is 5.26 Å². The highest BCUT2D eigenvalue weighted by Gasteiger charge is 2.09. The second-order valence-electron chi connectivity index (χ2n) is 3.83. The summed E-state index contributed by atoms with van der Waals surface area (Å²) in [6, 6.07) is 5.77. The van der Waals surface area contributed by atoms with E-state index >= 15 is 0 Å². The molecule has 0 aromatic carbocycles. The fourth-order valence-corrected chi connectivity index (χ4v) is 1.69. The molecule has 0 bridgehead atoms. The molecule has 0 saturated carbocycles. The van der Waals surface area contributed by atoms with Gasteiger partial charge in [-0.3, -0.25) is 10.3 Å². The maximum atomic E-state index is 9.11. The van der Waals surface area contributed by atoms with E-state index in [1.807, 2.05) is 12.1 Å². The smallest absolute Gasteiger partial charge is 0.122 e. The standard InChI is InChI=1S/C13H20N4/c1-3-17(4-2)9-8-16-13(10-14)12-6-5-7-15-11-12/h5-7,11,13,16H,3-4,8-9H2,1-2H3. The van der Waals surface area contributed by atoms with E-state index < -0.39 is 0 Å². The average molecular weight is 232 g/mol. The Morgan fingerprint density at radius 3 is 2.76 bits per heavy atom. The Bertz CT molecular complexity index is 340. The molecule has 0 fully saturated rings. The van der Waals surface area contributed by atoms with Crippen LogP contribution >= 0.6 is 0 Å². The zero-order valence-corrected chi connectivity index (χ0v) is 10.6. The highest BCUT2D eigenvalue weighted by atomic mass is 15.1. The maximum absolute atomic E-state index is 9.11. The van der Waals surface area contributed by atoms with Crippen LogP contribution in [-0.4, -0.2) is 36.1 Å². The van der Waals surface area contributed by atoms with Gasteiger partial charge in [-0.15, -0.1) is 0 Å². The van der Waals surface area contributed by atoms with Gasteiger partial charge in [-0.25, -0.2) is 0 Å². The minimum atomic E-state index is -0.265. The van der Waals surface area contributed by atoms with Gasteiger partial charge in [0.05, 0.1) is 6.07 Å². The third-order valence-electron chi connectivity index (χ3n) is 2.82. The SMILES string of the molecule is CCN(CC)CCNC(C#N)c1cccnc1. The average Bonchev–Trinajstić information content (AvgIpc) is 2.40. The van der Waals surface area contributed by atoms with Crippen LogP contribution in [0.1, 0.15) is 25.5 Å². The van der Waals surface area contributed by atoms with Gasteiger partial charge in [0.2, 0.25) is 0 Å². The van der Waals surface area contributed by atoms with E-state index in [0.29, 0.717) is 0 Å². The monoisotopic (exact) mass is 232 g/mol. The Hall–Kier alpha value is -1.44. The molecule has 92 valence electrons.